The summed E-state index contributed by atoms with van der Waals surface area (Å²) >= 11 is 0. The van der Waals surface area contributed by atoms with E-state index in [0.29, 0.717) is 39.6 Å². The first kappa shape index (κ1) is 17.5. The van der Waals surface area contributed by atoms with Gasteiger partial charge in [-0.2, -0.15) is 0 Å². The Kier molecular flexibility index (Phi) is 10.1. The largest absolute Gasteiger partial charge is 0.491 e. The molecule has 0 amide bonds. The minimum absolute atomic E-state index is 0.147. The first-order valence-electron chi connectivity index (χ1n) is 6.84. The number of rotatable bonds is 10. The van der Waals surface area contributed by atoms with Crippen LogP contribution >= 0.6 is 0 Å². The molecule has 21 heavy (non-hydrogen) atoms. The highest BCUT2D eigenvalue weighted by molar-refractivity contribution is 5.39. The van der Waals surface area contributed by atoms with Crippen molar-refractivity contribution >= 4 is 0 Å². The van der Waals surface area contributed by atoms with Crippen LogP contribution in [-0.2, 0) is 14.2 Å². The normalized spacial score (nSPS) is 10.0. The highest BCUT2D eigenvalue weighted by Gasteiger charge is 1.96. The van der Waals surface area contributed by atoms with Crippen LogP contribution in [-0.4, -0.2) is 58.5 Å². The fraction of sp³-hybridized carbons (Fsp3) is 0.500. The van der Waals surface area contributed by atoms with Gasteiger partial charge in [0.25, 0.3) is 0 Å². The number of benzene rings is 1. The molecule has 0 heterocycles. The van der Waals surface area contributed by atoms with Gasteiger partial charge in [-0.15, -0.1) is 0 Å². The molecular formula is C16H22O5. The molecule has 0 aliphatic rings. The third-order valence-electron chi connectivity index (χ3n) is 2.45. The van der Waals surface area contributed by atoms with Crippen LogP contribution in [0.15, 0.2) is 24.3 Å². The maximum atomic E-state index is 8.65. The number of methoxy groups -OCH3 is 1. The quantitative estimate of drug-likeness (QED) is 0.517. The van der Waals surface area contributed by atoms with Crippen molar-refractivity contribution in [3.63, 3.8) is 0 Å². The molecule has 0 aromatic heterocycles. The lowest BCUT2D eigenvalue weighted by Crippen LogP contribution is -2.12. The molecule has 116 valence electrons. The summed E-state index contributed by atoms with van der Waals surface area (Å²) in [4.78, 5) is 0. The van der Waals surface area contributed by atoms with E-state index < -0.39 is 0 Å². The summed E-state index contributed by atoms with van der Waals surface area (Å²) in [5.41, 5.74) is 0.814. The summed E-state index contributed by atoms with van der Waals surface area (Å²) in [5.74, 6) is 6.17. The van der Waals surface area contributed by atoms with Gasteiger partial charge >= 0.3 is 0 Å². The van der Waals surface area contributed by atoms with Gasteiger partial charge in [-0.05, 0) is 18.2 Å². The van der Waals surface area contributed by atoms with E-state index in [1.807, 2.05) is 24.3 Å². The van der Waals surface area contributed by atoms with Crippen LogP contribution in [0.1, 0.15) is 5.56 Å². The summed E-state index contributed by atoms with van der Waals surface area (Å²) in [6.07, 6.45) is 0. The Morgan fingerprint density at radius 2 is 1.71 bits per heavy atom. The third-order valence-corrected chi connectivity index (χ3v) is 2.45. The monoisotopic (exact) mass is 294 g/mol. The molecule has 1 aromatic carbocycles. The average molecular weight is 294 g/mol. The Morgan fingerprint density at radius 3 is 2.43 bits per heavy atom. The summed E-state index contributed by atoms with van der Waals surface area (Å²) in [7, 11) is 1.64. The topological polar surface area (TPSA) is 57.2 Å². The maximum Gasteiger partial charge on any atom is 0.120 e. The molecule has 1 aromatic rings. The maximum absolute atomic E-state index is 8.65. The molecule has 0 atom stereocenters. The van der Waals surface area contributed by atoms with E-state index in [9.17, 15) is 0 Å². The van der Waals surface area contributed by atoms with Crippen molar-refractivity contribution in [3.8, 4) is 17.6 Å². The van der Waals surface area contributed by atoms with Gasteiger partial charge in [0.1, 0.15) is 19.0 Å². The predicted octanol–water partition coefficient (Wildman–Crippen LogP) is 1.09. The Bertz CT molecular complexity index is 436. The van der Waals surface area contributed by atoms with Crippen LogP contribution in [0.4, 0.5) is 0 Å². The van der Waals surface area contributed by atoms with Gasteiger partial charge < -0.3 is 24.1 Å². The summed E-state index contributed by atoms with van der Waals surface area (Å²) < 4.78 is 21.1. The van der Waals surface area contributed by atoms with E-state index in [4.69, 9.17) is 24.1 Å². The number of aliphatic hydroxyl groups excluding tert-OH is 1. The molecule has 0 fully saturated rings. The SMILES string of the molecule is COCCOCCOCCOc1cccc(C#CCO)c1. The van der Waals surface area contributed by atoms with Gasteiger partial charge in [0, 0.05) is 12.7 Å². The molecule has 0 saturated heterocycles. The van der Waals surface area contributed by atoms with Gasteiger partial charge in [0.2, 0.25) is 0 Å². The Morgan fingerprint density at radius 1 is 1.00 bits per heavy atom. The van der Waals surface area contributed by atoms with Crippen molar-refractivity contribution in [2.24, 2.45) is 0 Å². The molecule has 0 radical (unpaired) electrons. The van der Waals surface area contributed by atoms with Crippen molar-refractivity contribution in [2.45, 2.75) is 0 Å². The van der Waals surface area contributed by atoms with E-state index in [1.54, 1.807) is 7.11 Å². The van der Waals surface area contributed by atoms with Crippen molar-refractivity contribution in [1.29, 1.82) is 0 Å². The van der Waals surface area contributed by atoms with Crippen LogP contribution in [0.2, 0.25) is 0 Å². The van der Waals surface area contributed by atoms with Gasteiger partial charge in [-0.1, -0.05) is 17.9 Å². The lowest BCUT2D eigenvalue weighted by molar-refractivity contribution is 0.0180. The molecule has 0 aliphatic carbocycles. The second-order valence-corrected chi connectivity index (χ2v) is 4.05. The van der Waals surface area contributed by atoms with Crippen molar-refractivity contribution in [2.75, 3.05) is 53.4 Å². The van der Waals surface area contributed by atoms with Crippen molar-refractivity contribution < 1.29 is 24.1 Å². The zero-order valence-corrected chi connectivity index (χ0v) is 12.3. The minimum Gasteiger partial charge on any atom is -0.491 e. The van der Waals surface area contributed by atoms with Crippen LogP contribution in [0.5, 0.6) is 5.75 Å². The van der Waals surface area contributed by atoms with Gasteiger partial charge in [0.15, 0.2) is 0 Å². The Balaban J connectivity index is 2.10. The van der Waals surface area contributed by atoms with Gasteiger partial charge in [-0.3, -0.25) is 0 Å². The second-order valence-electron chi connectivity index (χ2n) is 4.05. The van der Waals surface area contributed by atoms with Crippen LogP contribution < -0.4 is 4.74 Å². The van der Waals surface area contributed by atoms with E-state index in [-0.39, 0.29) is 6.61 Å². The fourth-order valence-corrected chi connectivity index (χ4v) is 1.49. The Labute approximate surface area is 125 Å². The molecule has 5 nitrogen and oxygen atoms in total. The molecule has 0 saturated carbocycles. The van der Waals surface area contributed by atoms with E-state index >= 15 is 0 Å². The molecule has 1 N–H and O–H groups in total. The summed E-state index contributed by atoms with van der Waals surface area (Å²) in [6, 6.07) is 7.42. The van der Waals surface area contributed by atoms with Crippen LogP contribution in [0.3, 0.4) is 0 Å². The second kappa shape index (κ2) is 12.2. The third kappa shape index (κ3) is 9.05. The molecule has 5 heteroatoms. The van der Waals surface area contributed by atoms with Crippen LogP contribution in [0, 0.1) is 11.8 Å². The molecule has 0 unspecified atom stereocenters. The van der Waals surface area contributed by atoms with Crippen LogP contribution in [0.25, 0.3) is 0 Å². The lowest BCUT2D eigenvalue weighted by atomic mass is 10.2. The van der Waals surface area contributed by atoms with Gasteiger partial charge in [0.05, 0.1) is 33.0 Å². The molecule has 0 bridgehead atoms. The number of aliphatic hydroxyl groups is 1. The predicted molar refractivity (Wildman–Crippen MR) is 79.4 cm³/mol. The minimum atomic E-state index is -0.147. The molecule has 0 aliphatic heterocycles. The van der Waals surface area contributed by atoms with E-state index in [2.05, 4.69) is 11.8 Å². The van der Waals surface area contributed by atoms with Crippen molar-refractivity contribution in [3.05, 3.63) is 29.8 Å². The van der Waals surface area contributed by atoms with E-state index in [1.165, 1.54) is 0 Å². The fourth-order valence-electron chi connectivity index (χ4n) is 1.49. The molecule has 0 spiro atoms. The highest BCUT2D eigenvalue weighted by atomic mass is 16.6. The number of ether oxygens (including phenoxy) is 4. The lowest BCUT2D eigenvalue weighted by Gasteiger charge is -2.08. The summed E-state index contributed by atoms with van der Waals surface area (Å²) in [5, 5.41) is 8.65. The first-order valence-corrected chi connectivity index (χ1v) is 6.84. The zero-order chi connectivity index (χ0) is 15.2. The first-order chi connectivity index (χ1) is 10.4. The standard InChI is InChI=1S/C16H22O5/c1-18-8-9-19-10-11-20-12-13-21-16-6-2-4-15(14-16)5-3-7-17/h2,4,6,14,17H,7-13H2,1H3. The van der Waals surface area contributed by atoms with E-state index in [0.717, 1.165) is 11.3 Å². The molecule has 1 rings (SSSR count). The zero-order valence-electron chi connectivity index (χ0n) is 12.3. The Hall–Kier alpha value is -1.58. The highest BCUT2D eigenvalue weighted by Crippen LogP contribution is 2.12. The number of hydrogen-bond donors (Lipinski definition) is 1. The number of hydrogen-bond acceptors (Lipinski definition) is 5. The summed E-state index contributed by atoms with van der Waals surface area (Å²) in [6.45, 7) is 3.09. The smallest absolute Gasteiger partial charge is 0.120 e. The average Bonchev–Trinajstić information content (AvgIpc) is 2.52. The molecular weight excluding hydrogens is 272 g/mol. The van der Waals surface area contributed by atoms with Crippen molar-refractivity contribution in [1.82, 2.24) is 0 Å². The van der Waals surface area contributed by atoms with Gasteiger partial charge in [-0.25, -0.2) is 0 Å².